The van der Waals surface area contributed by atoms with E-state index in [1.54, 1.807) is 31.2 Å². The van der Waals surface area contributed by atoms with Crippen molar-refractivity contribution in [2.75, 3.05) is 11.9 Å². The molecule has 1 aromatic carbocycles. The molecule has 2 rings (SSSR count). The lowest BCUT2D eigenvalue weighted by Crippen LogP contribution is -2.12. The average Bonchev–Trinajstić information content (AvgIpc) is 2.84. The Labute approximate surface area is 114 Å². The maximum Gasteiger partial charge on any atom is 0.341 e. The van der Waals surface area contributed by atoms with Gasteiger partial charge in [0.15, 0.2) is 13.0 Å². The predicted molar refractivity (Wildman–Crippen MR) is 68.8 cm³/mol. The van der Waals surface area contributed by atoms with Crippen molar-refractivity contribution in [1.29, 1.82) is 0 Å². The van der Waals surface area contributed by atoms with Gasteiger partial charge in [-0.2, -0.15) is 0 Å². The summed E-state index contributed by atoms with van der Waals surface area (Å²) in [4.78, 5) is 26.0. The van der Waals surface area contributed by atoms with Crippen LogP contribution in [0.2, 0.25) is 0 Å². The molecule has 0 spiro atoms. The lowest BCUT2D eigenvalue weighted by Gasteiger charge is -2.06. The maximum absolute atomic E-state index is 11.8. The zero-order chi connectivity index (χ0) is 14.5. The van der Waals surface area contributed by atoms with Crippen LogP contribution in [0.4, 0.5) is 5.69 Å². The number of rotatable bonds is 5. The molecule has 0 atom stereocenters. The highest BCUT2D eigenvalue weighted by Gasteiger charge is 2.13. The van der Waals surface area contributed by atoms with E-state index in [2.05, 4.69) is 10.3 Å². The van der Waals surface area contributed by atoms with Crippen molar-refractivity contribution in [2.24, 2.45) is 0 Å². The number of carbonyl (C=O) groups is 2. The van der Waals surface area contributed by atoms with Gasteiger partial charge in [0.1, 0.15) is 5.75 Å². The number of aromatic nitrogens is 1. The summed E-state index contributed by atoms with van der Waals surface area (Å²) in [6.07, 6.45) is 1.20. The van der Waals surface area contributed by atoms with Crippen molar-refractivity contribution in [2.45, 2.75) is 6.92 Å². The van der Waals surface area contributed by atoms with E-state index < -0.39 is 18.5 Å². The second-order valence-corrected chi connectivity index (χ2v) is 3.93. The number of carboxylic acids is 1. The molecule has 0 saturated carbocycles. The Balaban J connectivity index is 1.99. The molecule has 0 aliphatic heterocycles. The van der Waals surface area contributed by atoms with E-state index in [9.17, 15) is 9.59 Å². The van der Waals surface area contributed by atoms with Gasteiger partial charge in [0.2, 0.25) is 5.76 Å². The van der Waals surface area contributed by atoms with Gasteiger partial charge < -0.3 is 19.6 Å². The van der Waals surface area contributed by atoms with Crippen molar-refractivity contribution < 1.29 is 23.8 Å². The molecule has 0 radical (unpaired) electrons. The van der Waals surface area contributed by atoms with Crippen LogP contribution in [-0.2, 0) is 4.79 Å². The van der Waals surface area contributed by atoms with Crippen molar-refractivity contribution in [3.8, 4) is 5.75 Å². The van der Waals surface area contributed by atoms with Crippen LogP contribution in [0.1, 0.15) is 16.2 Å². The molecule has 1 heterocycles. The topological polar surface area (TPSA) is 102 Å². The van der Waals surface area contributed by atoms with Gasteiger partial charge in [-0.05, 0) is 31.2 Å². The third-order valence-electron chi connectivity index (χ3n) is 2.43. The Morgan fingerprint density at radius 3 is 2.60 bits per heavy atom. The highest BCUT2D eigenvalue weighted by atomic mass is 16.5. The van der Waals surface area contributed by atoms with E-state index in [1.807, 2.05) is 0 Å². The number of carboxylic acid groups (broad SMARTS) is 1. The number of carbonyl (C=O) groups excluding carboxylic acids is 1. The minimum absolute atomic E-state index is 0.149. The molecule has 2 N–H and O–H groups in total. The SMILES string of the molecule is Cc1ncoc1C(=O)Nc1ccc(OCC(=O)O)cc1. The van der Waals surface area contributed by atoms with E-state index in [-0.39, 0.29) is 5.76 Å². The minimum atomic E-state index is -1.05. The van der Waals surface area contributed by atoms with E-state index in [0.717, 1.165) is 0 Å². The van der Waals surface area contributed by atoms with Crippen LogP contribution in [0.3, 0.4) is 0 Å². The molecule has 0 saturated heterocycles. The van der Waals surface area contributed by atoms with Gasteiger partial charge in [-0.3, -0.25) is 4.79 Å². The van der Waals surface area contributed by atoms with Crippen LogP contribution < -0.4 is 10.1 Å². The second-order valence-electron chi connectivity index (χ2n) is 3.93. The fraction of sp³-hybridized carbons (Fsp3) is 0.154. The number of nitrogens with one attached hydrogen (secondary N) is 1. The Morgan fingerprint density at radius 1 is 1.35 bits per heavy atom. The molecule has 0 aliphatic rings. The summed E-state index contributed by atoms with van der Waals surface area (Å²) < 4.78 is 9.95. The molecule has 7 heteroatoms. The van der Waals surface area contributed by atoms with Crippen LogP contribution in [0.5, 0.6) is 5.75 Å². The predicted octanol–water partition coefficient (Wildman–Crippen LogP) is 1.70. The number of benzene rings is 1. The van der Waals surface area contributed by atoms with E-state index in [0.29, 0.717) is 17.1 Å². The molecule has 20 heavy (non-hydrogen) atoms. The normalized spacial score (nSPS) is 10.1. The number of hydrogen-bond acceptors (Lipinski definition) is 5. The highest BCUT2D eigenvalue weighted by Crippen LogP contribution is 2.17. The lowest BCUT2D eigenvalue weighted by atomic mass is 10.3. The summed E-state index contributed by atoms with van der Waals surface area (Å²) in [6, 6.07) is 6.32. The van der Waals surface area contributed by atoms with Gasteiger partial charge in [-0.1, -0.05) is 0 Å². The molecule has 0 bridgehead atoms. The molecule has 2 aromatic rings. The summed E-state index contributed by atoms with van der Waals surface area (Å²) in [5.41, 5.74) is 1.04. The second kappa shape index (κ2) is 5.87. The number of oxazole rings is 1. The highest BCUT2D eigenvalue weighted by molar-refractivity contribution is 6.02. The molecular formula is C13H12N2O5. The molecule has 104 valence electrons. The maximum atomic E-state index is 11.8. The van der Waals surface area contributed by atoms with Gasteiger partial charge in [0.25, 0.3) is 5.91 Å². The van der Waals surface area contributed by atoms with E-state index >= 15 is 0 Å². The third-order valence-corrected chi connectivity index (χ3v) is 2.43. The molecule has 1 amide bonds. The van der Waals surface area contributed by atoms with Crippen molar-refractivity contribution >= 4 is 17.6 Å². The van der Waals surface area contributed by atoms with Gasteiger partial charge in [-0.25, -0.2) is 9.78 Å². The first kappa shape index (κ1) is 13.6. The first-order valence-corrected chi connectivity index (χ1v) is 5.72. The van der Waals surface area contributed by atoms with E-state index in [4.69, 9.17) is 14.3 Å². The first-order valence-electron chi connectivity index (χ1n) is 5.72. The summed E-state index contributed by atoms with van der Waals surface area (Å²) in [6.45, 7) is 1.25. The number of amides is 1. The summed E-state index contributed by atoms with van der Waals surface area (Å²) in [5.74, 6) is -0.903. The van der Waals surface area contributed by atoms with Crippen molar-refractivity contribution in [3.05, 3.63) is 42.1 Å². The molecule has 7 nitrogen and oxygen atoms in total. The summed E-state index contributed by atoms with van der Waals surface area (Å²) in [5, 5.41) is 11.1. The van der Waals surface area contributed by atoms with Gasteiger partial charge in [-0.15, -0.1) is 0 Å². The van der Waals surface area contributed by atoms with Crippen LogP contribution >= 0.6 is 0 Å². The minimum Gasteiger partial charge on any atom is -0.482 e. The third kappa shape index (κ3) is 3.35. The number of hydrogen-bond donors (Lipinski definition) is 2. The van der Waals surface area contributed by atoms with Gasteiger partial charge in [0, 0.05) is 5.69 Å². The van der Waals surface area contributed by atoms with Crippen LogP contribution in [0.15, 0.2) is 35.1 Å². The summed E-state index contributed by atoms with van der Waals surface area (Å²) in [7, 11) is 0. The Morgan fingerprint density at radius 2 is 2.05 bits per heavy atom. The molecule has 0 unspecified atom stereocenters. The number of anilines is 1. The first-order chi connectivity index (χ1) is 9.56. The van der Waals surface area contributed by atoms with Crippen LogP contribution in [0.25, 0.3) is 0 Å². The van der Waals surface area contributed by atoms with Gasteiger partial charge in [0.05, 0.1) is 5.69 Å². The van der Waals surface area contributed by atoms with Crippen molar-refractivity contribution in [1.82, 2.24) is 4.98 Å². The number of aryl methyl sites for hydroxylation is 1. The zero-order valence-electron chi connectivity index (χ0n) is 10.6. The van der Waals surface area contributed by atoms with E-state index in [1.165, 1.54) is 6.39 Å². The fourth-order valence-corrected chi connectivity index (χ4v) is 1.49. The van der Waals surface area contributed by atoms with Crippen LogP contribution in [0, 0.1) is 6.92 Å². The largest absolute Gasteiger partial charge is 0.482 e. The fourth-order valence-electron chi connectivity index (χ4n) is 1.49. The molecule has 0 aliphatic carbocycles. The Kier molecular flexibility index (Phi) is 3.99. The number of nitrogens with zero attached hydrogens (tertiary/aromatic N) is 1. The Bertz CT molecular complexity index is 618. The monoisotopic (exact) mass is 276 g/mol. The Hall–Kier alpha value is -2.83. The van der Waals surface area contributed by atoms with Gasteiger partial charge >= 0.3 is 5.97 Å². The molecule has 1 aromatic heterocycles. The number of ether oxygens (including phenoxy) is 1. The zero-order valence-corrected chi connectivity index (χ0v) is 10.6. The molecule has 0 fully saturated rings. The average molecular weight is 276 g/mol. The quantitative estimate of drug-likeness (QED) is 0.861. The smallest absolute Gasteiger partial charge is 0.341 e. The molecular weight excluding hydrogens is 264 g/mol. The number of aliphatic carboxylic acids is 1. The summed E-state index contributed by atoms with van der Waals surface area (Å²) >= 11 is 0. The van der Waals surface area contributed by atoms with Crippen molar-refractivity contribution in [3.63, 3.8) is 0 Å². The standard InChI is InChI=1S/C13H12N2O5/c1-8-12(20-7-14-8)13(18)15-9-2-4-10(5-3-9)19-6-11(16)17/h2-5,7H,6H2,1H3,(H,15,18)(H,16,17). The van der Waals surface area contributed by atoms with Crippen LogP contribution in [-0.4, -0.2) is 28.6 Å². The lowest BCUT2D eigenvalue weighted by molar-refractivity contribution is -0.139.